The minimum absolute atomic E-state index is 0.159. The molecule has 0 aromatic heterocycles. The van der Waals surface area contributed by atoms with Gasteiger partial charge in [0.2, 0.25) is 5.91 Å². The number of carbonyl (C=O) groups is 1. The monoisotopic (exact) mass is 413 g/mol. The molecule has 5 nitrogen and oxygen atoms in total. The van der Waals surface area contributed by atoms with Gasteiger partial charge in [-0.3, -0.25) is 4.79 Å². The normalized spacial score (nSPS) is 25.2. The molecule has 0 saturated carbocycles. The van der Waals surface area contributed by atoms with Crippen molar-refractivity contribution in [3.8, 4) is 5.75 Å². The van der Waals surface area contributed by atoms with Crippen LogP contribution in [0.4, 0.5) is 5.69 Å². The number of nitrogens with one attached hydrogen (secondary N) is 2. The standard InChI is InChI=1S/C21H20ClN3O2S/c1-3-12-25-20(28)24-18-15-6-4-5-7-16(15)27-21(25,2)17(18)19(26)23-14-10-8-13(22)9-11-14/h3-11,17-18H,1,12H2,2H3,(H,23,26)(H,24,28)/t17-,18+,21+/m1/s1. The summed E-state index contributed by atoms with van der Waals surface area (Å²) in [5.41, 5.74) is 0.635. The van der Waals surface area contributed by atoms with E-state index in [4.69, 9.17) is 28.6 Å². The number of hydrogen-bond acceptors (Lipinski definition) is 3. The number of thiocarbonyl (C=S) groups is 1. The topological polar surface area (TPSA) is 53.6 Å². The Hall–Kier alpha value is -2.57. The van der Waals surface area contributed by atoms with Gasteiger partial charge >= 0.3 is 0 Å². The van der Waals surface area contributed by atoms with Crippen molar-refractivity contribution < 1.29 is 9.53 Å². The molecule has 2 aliphatic heterocycles. The number of anilines is 1. The van der Waals surface area contributed by atoms with Crippen LogP contribution < -0.4 is 15.4 Å². The summed E-state index contributed by atoms with van der Waals surface area (Å²) in [7, 11) is 0. The van der Waals surface area contributed by atoms with E-state index in [9.17, 15) is 4.79 Å². The Morgan fingerprint density at radius 1 is 1.36 bits per heavy atom. The number of nitrogens with zero attached hydrogens (tertiary/aromatic N) is 1. The van der Waals surface area contributed by atoms with Gasteiger partial charge < -0.3 is 20.3 Å². The second-order valence-corrected chi connectivity index (χ2v) is 7.82. The van der Waals surface area contributed by atoms with E-state index in [1.54, 1.807) is 30.3 Å². The summed E-state index contributed by atoms with van der Waals surface area (Å²) < 4.78 is 6.39. The molecule has 28 heavy (non-hydrogen) atoms. The zero-order valence-corrected chi connectivity index (χ0v) is 16.9. The van der Waals surface area contributed by atoms with Crippen molar-refractivity contribution in [2.24, 2.45) is 5.92 Å². The average Bonchev–Trinajstić information content (AvgIpc) is 2.66. The Labute approximate surface area is 174 Å². The van der Waals surface area contributed by atoms with Gasteiger partial charge in [-0.15, -0.1) is 6.58 Å². The molecular weight excluding hydrogens is 394 g/mol. The molecule has 2 heterocycles. The van der Waals surface area contributed by atoms with E-state index in [-0.39, 0.29) is 11.9 Å². The first-order chi connectivity index (χ1) is 13.4. The van der Waals surface area contributed by atoms with Crippen LogP contribution in [0, 0.1) is 5.92 Å². The molecule has 2 aliphatic rings. The van der Waals surface area contributed by atoms with Gasteiger partial charge in [-0.2, -0.15) is 0 Å². The van der Waals surface area contributed by atoms with Gasteiger partial charge in [0.25, 0.3) is 0 Å². The molecule has 0 radical (unpaired) electrons. The summed E-state index contributed by atoms with van der Waals surface area (Å²) in [6.45, 7) is 6.18. The third-order valence-corrected chi connectivity index (χ3v) is 5.84. The molecule has 7 heteroatoms. The van der Waals surface area contributed by atoms with Crippen molar-refractivity contribution >= 4 is 40.5 Å². The maximum absolute atomic E-state index is 13.4. The van der Waals surface area contributed by atoms with Crippen LogP contribution in [-0.2, 0) is 4.79 Å². The predicted molar refractivity (Wildman–Crippen MR) is 114 cm³/mol. The molecule has 2 aromatic carbocycles. The Morgan fingerprint density at radius 3 is 2.79 bits per heavy atom. The lowest BCUT2D eigenvalue weighted by atomic mass is 9.79. The first-order valence-electron chi connectivity index (χ1n) is 8.97. The number of amides is 1. The lowest BCUT2D eigenvalue weighted by molar-refractivity contribution is -0.147. The van der Waals surface area contributed by atoms with Crippen molar-refractivity contribution in [3.05, 3.63) is 71.8 Å². The Balaban J connectivity index is 1.75. The SMILES string of the molecule is C=CCN1C(=S)N[C@H]2c3ccccc3O[C@@]1(C)[C@H]2C(=O)Nc1ccc(Cl)cc1. The Morgan fingerprint density at radius 2 is 2.07 bits per heavy atom. The van der Waals surface area contributed by atoms with Gasteiger partial charge in [-0.25, -0.2) is 0 Å². The largest absolute Gasteiger partial charge is 0.467 e. The van der Waals surface area contributed by atoms with Crippen molar-refractivity contribution in [2.45, 2.75) is 18.7 Å². The number of halogens is 1. The molecule has 0 spiro atoms. The fraction of sp³-hybridized carbons (Fsp3) is 0.238. The third kappa shape index (κ3) is 3.02. The number of fused-ring (bicyclic) bond motifs is 4. The van der Waals surface area contributed by atoms with Gasteiger partial charge in [-0.1, -0.05) is 35.9 Å². The summed E-state index contributed by atoms with van der Waals surface area (Å²) >= 11 is 11.5. The lowest BCUT2D eigenvalue weighted by Crippen LogP contribution is -2.71. The van der Waals surface area contributed by atoms with Crippen molar-refractivity contribution in [2.75, 3.05) is 11.9 Å². The van der Waals surface area contributed by atoms with Crippen molar-refractivity contribution in [1.29, 1.82) is 0 Å². The maximum atomic E-state index is 13.4. The summed E-state index contributed by atoms with van der Waals surface area (Å²) in [6.07, 6.45) is 1.75. The Bertz CT molecular complexity index is 949. The summed E-state index contributed by atoms with van der Waals surface area (Å²) in [5.74, 6) is 0.0488. The van der Waals surface area contributed by atoms with Crippen molar-refractivity contribution in [1.82, 2.24) is 10.2 Å². The summed E-state index contributed by atoms with van der Waals surface area (Å²) in [5, 5.41) is 7.48. The highest BCUT2D eigenvalue weighted by Crippen LogP contribution is 2.48. The highest BCUT2D eigenvalue weighted by molar-refractivity contribution is 7.80. The van der Waals surface area contributed by atoms with E-state index in [0.29, 0.717) is 22.4 Å². The fourth-order valence-corrected chi connectivity index (χ4v) is 4.45. The summed E-state index contributed by atoms with van der Waals surface area (Å²) in [4.78, 5) is 15.2. The van der Waals surface area contributed by atoms with Crippen LogP contribution in [0.1, 0.15) is 18.5 Å². The average molecular weight is 414 g/mol. The second kappa shape index (κ2) is 7.11. The van der Waals surface area contributed by atoms with Crippen LogP contribution in [-0.4, -0.2) is 28.2 Å². The van der Waals surface area contributed by atoms with Gasteiger partial charge in [0.1, 0.15) is 11.7 Å². The summed E-state index contributed by atoms with van der Waals surface area (Å²) in [6, 6.07) is 14.5. The molecule has 1 saturated heterocycles. The van der Waals surface area contributed by atoms with Crippen LogP contribution >= 0.6 is 23.8 Å². The van der Waals surface area contributed by atoms with E-state index < -0.39 is 11.6 Å². The predicted octanol–water partition coefficient (Wildman–Crippen LogP) is 4.12. The third-order valence-electron chi connectivity index (χ3n) is 5.25. The zero-order valence-electron chi connectivity index (χ0n) is 15.3. The van der Waals surface area contributed by atoms with Crippen LogP contribution in [0.15, 0.2) is 61.2 Å². The van der Waals surface area contributed by atoms with E-state index in [1.807, 2.05) is 36.1 Å². The number of ether oxygens (including phenoxy) is 1. The highest BCUT2D eigenvalue weighted by atomic mass is 35.5. The number of carbonyl (C=O) groups excluding carboxylic acids is 1. The first kappa shape index (κ1) is 18.8. The molecule has 2 N–H and O–H groups in total. The number of para-hydroxylation sites is 1. The minimum Gasteiger partial charge on any atom is -0.467 e. The van der Waals surface area contributed by atoms with E-state index >= 15 is 0 Å². The Kier molecular flexibility index (Phi) is 4.77. The molecule has 2 bridgehead atoms. The molecule has 0 unspecified atom stereocenters. The van der Waals surface area contributed by atoms with Crippen LogP contribution in [0.2, 0.25) is 5.02 Å². The zero-order chi connectivity index (χ0) is 19.9. The van der Waals surface area contributed by atoms with Gasteiger partial charge in [0, 0.05) is 22.8 Å². The van der Waals surface area contributed by atoms with Gasteiger partial charge in [0.15, 0.2) is 10.8 Å². The molecule has 3 atom stereocenters. The number of benzene rings is 2. The van der Waals surface area contributed by atoms with Crippen LogP contribution in [0.5, 0.6) is 5.75 Å². The minimum atomic E-state index is -0.952. The quantitative estimate of drug-likeness (QED) is 0.583. The van der Waals surface area contributed by atoms with Crippen LogP contribution in [0.25, 0.3) is 0 Å². The van der Waals surface area contributed by atoms with E-state index in [2.05, 4.69) is 17.2 Å². The number of rotatable bonds is 4. The van der Waals surface area contributed by atoms with Crippen molar-refractivity contribution in [3.63, 3.8) is 0 Å². The molecular formula is C21H20ClN3O2S. The van der Waals surface area contributed by atoms with Gasteiger partial charge in [0.05, 0.1) is 6.04 Å². The number of hydrogen-bond donors (Lipinski definition) is 2. The second-order valence-electron chi connectivity index (χ2n) is 6.99. The molecule has 2 aromatic rings. The highest BCUT2D eigenvalue weighted by Gasteiger charge is 2.58. The van der Waals surface area contributed by atoms with Crippen LogP contribution in [0.3, 0.4) is 0 Å². The maximum Gasteiger partial charge on any atom is 0.236 e. The molecule has 1 fully saturated rings. The first-order valence-corrected chi connectivity index (χ1v) is 9.76. The van der Waals surface area contributed by atoms with E-state index in [1.165, 1.54) is 0 Å². The molecule has 0 aliphatic carbocycles. The van der Waals surface area contributed by atoms with E-state index in [0.717, 1.165) is 11.3 Å². The fourth-order valence-electron chi connectivity index (χ4n) is 3.94. The lowest BCUT2D eigenvalue weighted by Gasteiger charge is -2.55. The molecule has 4 rings (SSSR count). The molecule has 1 amide bonds. The van der Waals surface area contributed by atoms with Gasteiger partial charge in [-0.05, 0) is 49.5 Å². The smallest absolute Gasteiger partial charge is 0.236 e. The molecule has 144 valence electrons.